The lowest BCUT2D eigenvalue weighted by Gasteiger charge is -2.42. The molecule has 1 fully saturated rings. The summed E-state index contributed by atoms with van der Waals surface area (Å²) in [5, 5.41) is 3.47. The van der Waals surface area contributed by atoms with Gasteiger partial charge in [0.15, 0.2) is 5.82 Å². The van der Waals surface area contributed by atoms with Gasteiger partial charge in [-0.1, -0.05) is 24.3 Å². The van der Waals surface area contributed by atoms with E-state index in [1.165, 1.54) is 25.4 Å². The van der Waals surface area contributed by atoms with Gasteiger partial charge in [0.2, 0.25) is 5.88 Å². The van der Waals surface area contributed by atoms with Gasteiger partial charge in [0.1, 0.15) is 19.4 Å². The zero-order valence-electron chi connectivity index (χ0n) is 23.5. The molecule has 2 heterocycles. The summed E-state index contributed by atoms with van der Waals surface area (Å²) in [6.07, 6.45) is 6.77. The van der Waals surface area contributed by atoms with Crippen LogP contribution in [0.3, 0.4) is 0 Å². The van der Waals surface area contributed by atoms with Gasteiger partial charge in [0.05, 0.1) is 23.9 Å². The number of aromatic nitrogens is 1. The molecule has 0 spiro atoms. The first-order valence-electron chi connectivity index (χ1n) is 12.1. The second-order valence-corrected chi connectivity index (χ2v) is 8.97. The first-order chi connectivity index (χ1) is 19.2. The number of methoxy groups -OCH3 is 1. The molecule has 0 bridgehead atoms. The van der Waals surface area contributed by atoms with Gasteiger partial charge < -0.3 is 24.5 Å². The van der Waals surface area contributed by atoms with Crippen LogP contribution in [0.5, 0.6) is 5.88 Å². The van der Waals surface area contributed by atoms with Gasteiger partial charge in [-0.3, -0.25) is 9.89 Å². The summed E-state index contributed by atoms with van der Waals surface area (Å²) >= 11 is 6.05. The molecule has 2 aromatic rings. The number of piperazine rings is 1. The third-order valence-electron chi connectivity index (χ3n) is 6.28. The lowest BCUT2D eigenvalue weighted by Crippen LogP contribution is -2.44. The summed E-state index contributed by atoms with van der Waals surface area (Å²) in [6.45, 7) is 14.8. The number of hydrogen-bond acceptors (Lipinski definition) is 8. The Kier molecular flexibility index (Phi) is 14.5. The number of ether oxygens (including phenoxy) is 1. The van der Waals surface area contributed by atoms with Crippen LogP contribution < -0.4 is 10.1 Å². The van der Waals surface area contributed by atoms with Gasteiger partial charge in [0, 0.05) is 54.6 Å². The molecule has 8 nitrogen and oxygen atoms in total. The van der Waals surface area contributed by atoms with Crippen molar-refractivity contribution in [2.24, 2.45) is 4.99 Å². The van der Waals surface area contributed by atoms with Crippen LogP contribution in [0.2, 0.25) is 5.02 Å². The Morgan fingerprint density at radius 2 is 1.95 bits per heavy atom. The summed E-state index contributed by atoms with van der Waals surface area (Å²) < 4.78 is 36.0. The average molecular weight is 576 g/mol. The van der Waals surface area contributed by atoms with Gasteiger partial charge in [0.25, 0.3) is 0 Å². The summed E-state index contributed by atoms with van der Waals surface area (Å²) in [6, 6.07) is 3.84. The van der Waals surface area contributed by atoms with Crippen molar-refractivity contribution >= 4 is 36.6 Å². The third kappa shape index (κ3) is 8.30. The molecule has 0 aliphatic carbocycles. The van der Waals surface area contributed by atoms with Crippen molar-refractivity contribution in [1.29, 1.82) is 0 Å². The molecule has 1 aromatic carbocycles. The molecule has 0 radical (unpaired) electrons. The highest BCUT2D eigenvalue weighted by Gasteiger charge is 2.33. The third-order valence-corrected chi connectivity index (χ3v) is 6.48. The van der Waals surface area contributed by atoms with Gasteiger partial charge in [-0.25, -0.2) is 13.8 Å². The maximum absolute atomic E-state index is 15.7. The van der Waals surface area contributed by atoms with Crippen molar-refractivity contribution in [3.05, 3.63) is 88.5 Å². The Balaban J connectivity index is 0.00000191. The lowest BCUT2D eigenvalue weighted by atomic mass is 9.98. The van der Waals surface area contributed by atoms with E-state index in [1.807, 2.05) is 57.3 Å². The number of rotatable bonds is 8. The van der Waals surface area contributed by atoms with Crippen molar-refractivity contribution < 1.29 is 23.1 Å². The van der Waals surface area contributed by atoms with E-state index < -0.39 is 17.7 Å². The number of likely N-dealkylation sites (N-methyl/N-ethyl adjacent to an activating group) is 1. The normalized spacial score (nSPS) is 16.9. The molecule has 0 saturated carbocycles. The minimum atomic E-state index is -0.639. The molecule has 216 valence electrons. The van der Waals surface area contributed by atoms with Gasteiger partial charge in [-0.2, -0.15) is 0 Å². The minimum absolute atomic E-state index is 0.00143. The zero-order valence-corrected chi connectivity index (χ0v) is 24.3. The van der Waals surface area contributed by atoms with Gasteiger partial charge in [-0.15, -0.1) is 0 Å². The molecule has 1 aliphatic heterocycles. The Morgan fingerprint density at radius 3 is 2.55 bits per heavy atom. The van der Waals surface area contributed by atoms with E-state index in [0.717, 1.165) is 17.0 Å². The van der Waals surface area contributed by atoms with Crippen LogP contribution in [0, 0.1) is 11.6 Å². The fraction of sp³-hybridized carbons (Fsp3) is 0.310. The van der Waals surface area contributed by atoms with Crippen LogP contribution in [0.4, 0.5) is 14.5 Å². The molecule has 40 heavy (non-hydrogen) atoms. The Morgan fingerprint density at radius 1 is 1.27 bits per heavy atom. The van der Waals surface area contributed by atoms with Crippen molar-refractivity contribution in [3.8, 4) is 5.88 Å². The Labute approximate surface area is 239 Å². The van der Waals surface area contributed by atoms with E-state index >= 15 is 8.78 Å². The summed E-state index contributed by atoms with van der Waals surface area (Å²) in [4.78, 5) is 28.5. The number of allylic oxidation sites excluding steroid dienone is 2. The maximum atomic E-state index is 15.7. The topological polar surface area (TPSA) is 87.1 Å². The molecular formula is C29H36ClF2N5O3. The van der Waals surface area contributed by atoms with E-state index in [4.69, 9.17) is 25.9 Å². The molecule has 1 N–H and O–H groups in total. The lowest BCUT2D eigenvalue weighted by molar-refractivity contribution is -0.0987. The number of aliphatic imine (C=N–C) groups is 1. The monoisotopic (exact) mass is 575 g/mol. The van der Waals surface area contributed by atoms with Crippen LogP contribution in [0.25, 0.3) is 0 Å². The number of anilines is 1. The highest BCUT2D eigenvalue weighted by molar-refractivity contribution is 6.30. The predicted molar refractivity (Wildman–Crippen MR) is 157 cm³/mol. The second kappa shape index (κ2) is 16.9. The average Bonchev–Trinajstić information content (AvgIpc) is 2.97. The number of hydrogen-bond donors (Lipinski definition) is 1. The van der Waals surface area contributed by atoms with E-state index in [0.29, 0.717) is 29.6 Å². The number of pyridine rings is 1. The molecule has 1 atom stereocenters. The highest BCUT2D eigenvalue weighted by Crippen LogP contribution is 2.35. The summed E-state index contributed by atoms with van der Waals surface area (Å²) in [7, 11) is 3.36. The van der Waals surface area contributed by atoms with Crippen molar-refractivity contribution in [2.45, 2.75) is 33.4 Å². The van der Waals surface area contributed by atoms with Gasteiger partial charge >= 0.3 is 0 Å². The second-order valence-electron chi connectivity index (χ2n) is 8.53. The number of nitrogens with one attached hydrogen (secondary N) is 1. The van der Waals surface area contributed by atoms with Crippen LogP contribution in [0.1, 0.15) is 37.9 Å². The van der Waals surface area contributed by atoms with Crippen LogP contribution in [-0.2, 0) is 16.1 Å². The largest absolute Gasteiger partial charge is 0.481 e. The van der Waals surface area contributed by atoms with Gasteiger partial charge in [-0.05, 0) is 57.8 Å². The van der Waals surface area contributed by atoms with Crippen molar-refractivity contribution in [3.63, 3.8) is 0 Å². The van der Waals surface area contributed by atoms with E-state index in [2.05, 4.69) is 21.9 Å². The summed E-state index contributed by atoms with van der Waals surface area (Å²) in [5.74, 6) is -0.859. The molecule has 0 amide bonds. The molecule has 1 aliphatic rings. The smallest absolute Gasteiger partial charge is 0.218 e. The van der Waals surface area contributed by atoms with Crippen molar-refractivity contribution in [2.75, 3.05) is 32.6 Å². The first-order valence-corrected chi connectivity index (χ1v) is 12.5. The molecular weight excluding hydrogens is 540 g/mol. The fourth-order valence-corrected chi connectivity index (χ4v) is 4.36. The molecule has 1 aromatic heterocycles. The molecule has 11 heteroatoms. The van der Waals surface area contributed by atoms with Crippen LogP contribution in [0.15, 0.2) is 65.7 Å². The standard InChI is InChI=1S/C27H32ClF2N5O.2CH2O/c1-7-11-31-18(4)17(3)23-15-34(5)24(16-35(23)8-2)25-21(29)9-10-22(26(25)30)32-13-19-12-20(28)14-33-27(19)36-6;2*1-2/h7-12,14,24,32H,2,13,15-16H2,1,3-6H3;2*1H2/b11-7-,23-17+,31-18-;;/t24-;;/m1../s1. The summed E-state index contributed by atoms with van der Waals surface area (Å²) in [5.41, 5.74) is 3.70. The highest BCUT2D eigenvalue weighted by atomic mass is 35.5. The number of benzene rings is 1. The number of carbonyl (C=O) groups is 2. The number of carbonyl (C=O) groups excluding carboxylic acids is 2. The molecule has 1 saturated heterocycles. The van der Waals surface area contributed by atoms with E-state index in [9.17, 15) is 0 Å². The SMILES string of the molecule is C=CN1C[C@H](c2c(F)ccc(NCc3cc(Cl)cnc3OC)c2F)N(C)C\C1=C(C)/C(C)=N\C=C/C.C=O.C=O. The predicted octanol–water partition coefficient (Wildman–Crippen LogP) is 5.96. The van der Waals surface area contributed by atoms with E-state index in [1.54, 1.807) is 18.5 Å². The minimum Gasteiger partial charge on any atom is -0.481 e. The van der Waals surface area contributed by atoms with Crippen LogP contribution in [-0.4, -0.2) is 61.3 Å². The first kappa shape index (κ1) is 34.1. The molecule has 3 rings (SSSR count). The maximum Gasteiger partial charge on any atom is 0.218 e. The van der Waals surface area contributed by atoms with Crippen LogP contribution >= 0.6 is 11.6 Å². The Hall–Kier alpha value is -3.89. The fourth-order valence-electron chi connectivity index (χ4n) is 4.18. The molecule has 0 unspecified atom stereocenters. The van der Waals surface area contributed by atoms with E-state index in [-0.39, 0.29) is 17.8 Å². The number of halogens is 3. The zero-order chi connectivity index (χ0) is 30.4. The number of nitrogens with zero attached hydrogens (tertiary/aromatic N) is 4. The van der Waals surface area contributed by atoms with Crippen molar-refractivity contribution in [1.82, 2.24) is 14.8 Å². The quantitative estimate of drug-likeness (QED) is 0.388. The Bertz CT molecular complexity index is 1250.